The van der Waals surface area contributed by atoms with Gasteiger partial charge in [-0.2, -0.15) is 5.10 Å². The molecule has 15 heavy (non-hydrogen) atoms. The van der Waals surface area contributed by atoms with E-state index in [1.165, 1.54) is 6.92 Å². The summed E-state index contributed by atoms with van der Waals surface area (Å²) in [6.07, 6.45) is 3.62. The second-order valence-corrected chi connectivity index (χ2v) is 3.51. The normalized spacial score (nSPS) is 10.0. The van der Waals surface area contributed by atoms with Crippen LogP contribution in [0.4, 0.5) is 0 Å². The molecular weight excluding hydrogens is 194 g/mol. The molecule has 0 fully saturated rings. The topological polar surface area (TPSA) is 64.0 Å². The fraction of sp³-hybridized carbons (Fsp3) is 0.500. The number of amides is 1. The summed E-state index contributed by atoms with van der Waals surface area (Å²) in [4.78, 5) is 21.7. The Morgan fingerprint density at radius 1 is 1.53 bits per heavy atom. The van der Waals surface area contributed by atoms with Crippen LogP contribution >= 0.6 is 0 Å². The Hall–Kier alpha value is -1.65. The number of nitrogens with zero attached hydrogens (tertiary/aromatic N) is 2. The van der Waals surface area contributed by atoms with Gasteiger partial charge in [-0.1, -0.05) is 0 Å². The van der Waals surface area contributed by atoms with Crippen LogP contribution in [0.3, 0.4) is 0 Å². The second kappa shape index (κ2) is 5.29. The standard InChI is InChI=1S/C10H15N3O2/c1-8-6-12-13(7-8)4-3-11-10(15)5-9(2)14/h6-7H,3-5H2,1-2H3,(H,11,15). The minimum absolute atomic E-state index is 0.0435. The molecule has 1 amide bonds. The molecule has 0 aliphatic rings. The van der Waals surface area contributed by atoms with Crippen LogP contribution in [0.1, 0.15) is 18.9 Å². The van der Waals surface area contributed by atoms with Crippen molar-refractivity contribution in [2.75, 3.05) is 6.54 Å². The number of Topliss-reactive ketones (excluding diaryl/α,β-unsaturated/α-hetero) is 1. The maximum absolute atomic E-state index is 11.1. The first-order valence-electron chi connectivity index (χ1n) is 4.83. The summed E-state index contributed by atoms with van der Waals surface area (Å²) in [6.45, 7) is 4.47. The molecule has 0 unspecified atom stereocenters. The lowest BCUT2D eigenvalue weighted by Crippen LogP contribution is -2.28. The van der Waals surface area contributed by atoms with E-state index < -0.39 is 0 Å². The summed E-state index contributed by atoms with van der Waals surface area (Å²) in [6, 6.07) is 0. The van der Waals surface area contributed by atoms with Crippen molar-refractivity contribution in [3.63, 3.8) is 0 Å². The molecule has 0 atom stereocenters. The quantitative estimate of drug-likeness (QED) is 0.709. The molecule has 1 heterocycles. The fourth-order valence-electron chi connectivity index (χ4n) is 1.19. The summed E-state index contributed by atoms with van der Waals surface area (Å²) in [5.74, 6) is -0.353. The van der Waals surface area contributed by atoms with Crippen molar-refractivity contribution in [1.29, 1.82) is 0 Å². The molecule has 0 aliphatic heterocycles. The molecular formula is C10H15N3O2. The third-order valence-electron chi connectivity index (χ3n) is 1.83. The van der Waals surface area contributed by atoms with E-state index in [0.717, 1.165) is 5.56 Å². The highest BCUT2D eigenvalue weighted by atomic mass is 16.2. The average Bonchev–Trinajstić information content (AvgIpc) is 2.50. The van der Waals surface area contributed by atoms with Gasteiger partial charge in [-0.25, -0.2) is 0 Å². The highest BCUT2D eigenvalue weighted by Crippen LogP contribution is 1.92. The second-order valence-electron chi connectivity index (χ2n) is 3.51. The summed E-state index contributed by atoms with van der Waals surface area (Å²) in [5, 5.41) is 6.72. The third kappa shape index (κ3) is 4.39. The van der Waals surface area contributed by atoms with Crippen LogP contribution < -0.4 is 5.32 Å². The van der Waals surface area contributed by atoms with Crippen molar-refractivity contribution in [3.05, 3.63) is 18.0 Å². The smallest absolute Gasteiger partial charge is 0.227 e. The van der Waals surface area contributed by atoms with Gasteiger partial charge in [0.25, 0.3) is 0 Å². The number of carbonyl (C=O) groups is 2. The molecule has 0 saturated heterocycles. The molecule has 1 rings (SSSR count). The zero-order valence-electron chi connectivity index (χ0n) is 8.99. The number of hydrogen-bond acceptors (Lipinski definition) is 3. The van der Waals surface area contributed by atoms with Gasteiger partial charge in [-0.15, -0.1) is 0 Å². The van der Waals surface area contributed by atoms with Gasteiger partial charge < -0.3 is 5.32 Å². The number of rotatable bonds is 5. The molecule has 0 spiro atoms. The highest BCUT2D eigenvalue weighted by Gasteiger charge is 2.03. The summed E-state index contributed by atoms with van der Waals surface area (Å²) < 4.78 is 1.75. The van der Waals surface area contributed by atoms with Crippen molar-refractivity contribution in [2.45, 2.75) is 26.8 Å². The summed E-state index contributed by atoms with van der Waals surface area (Å²) in [5.41, 5.74) is 1.09. The molecule has 0 radical (unpaired) electrons. The first-order chi connectivity index (χ1) is 7.08. The van der Waals surface area contributed by atoms with Gasteiger partial charge in [0, 0.05) is 12.7 Å². The van der Waals surface area contributed by atoms with Crippen LogP contribution in [-0.4, -0.2) is 28.0 Å². The lowest BCUT2D eigenvalue weighted by atomic mass is 10.3. The maximum Gasteiger partial charge on any atom is 0.227 e. The predicted octanol–water partition coefficient (Wildman–Crippen LogP) is 0.287. The Morgan fingerprint density at radius 2 is 2.27 bits per heavy atom. The molecule has 1 aromatic rings. The van der Waals surface area contributed by atoms with E-state index in [-0.39, 0.29) is 18.1 Å². The molecule has 1 N–H and O–H groups in total. The fourth-order valence-corrected chi connectivity index (χ4v) is 1.19. The lowest BCUT2D eigenvalue weighted by Gasteiger charge is -2.03. The maximum atomic E-state index is 11.1. The van der Waals surface area contributed by atoms with Crippen molar-refractivity contribution in [3.8, 4) is 0 Å². The first kappa shape index (κ1) is 11.4. The van der Waals surface area contributed by atoms with Crippen LogP contribution in [0.5, 0.6) is 0 Å². The van der Waals surface area contributed by atoms with Gasteiger partial charge in [0.05, 0.1) is 19.2 Å². The Balaban J connectivity index is 2.22. The number of aromatic nitrogens is 2. The van der Waals surface area contributed by atoms with E-state index in [4.69, 9.17) is 0 Å². The van der Waals surface area contributed by atoms with E-state index in [1.807, 2.05) is 13.1 Å². The molecule has 0 saturated carbocycles. The summed E-state index contributed by atoms with van der Waals surface area (Å²) in [7, 11) is 0. The van der Waals surface area contributed by atoms with Gasteiger partial charge >= 0.3 is 0 Å². The van der Waals surface area contributed by atoms with Gasteiger partial charge in [0.2, 0.25) is 5.91 Å². The summed E-state index contributed by atoms with van der Waals surface area (Å²) >= 11 is 0. The van der Waals surface area contributed by atoms with Crippen LogP contribution in [0.2, 0.25) is 0 Å². The Bertz CT molecular complexity index is 357. The molecule has 0 bridgehead atoms. The molecule has 0 aromatic carbocycles. The van der Waals surface area contributed by atoms with E-state index in [1.54, 1.807) is 10.9 Å². The van der Waals surface area contributed by atoms with Crippen molar-refractivity contribution >= 4 is 11.7 Å². The van der Waals surface area contributed by atoms with E-state index in [0.29, 0.717) is 13.1 Å². The van der Waals surface area contributed by atoms with Gasteiger partial charge in [0.15, 0.2) is 0 Å². The van der Waals surface area contributed by atoms with Crippen molar-refractivity contribution in [1.82, 2.24) is 15.1 Å². The monoisotopic (exact) mass is 209 g/mol. The number of carbonyl (C=O) groups excluding carboxylic acids is 2. The molecule has 0 aliphatic carbocycles. The van der Waals surface area contributed by atoms with Crippen LogP contribution in [-0.2, 0) is 16.1 Å². The first-order valence-corrected chi connectivity index (χ1v) is 4.83. The van der Waals surface area contributed by atoms with Crippen LogP contribution in [0.25, 0.3) is 0 Å². The molecule has 82 valence electrons. The molecule has 5 heteroatoms. The zero-order chi connectivity index (χ0) is 11.3. The largest absolute Gasteiger partial charge is 0.354 e. The van der Waals surface area contributed by atoms with Gasteiger partial charge in [0.1, 0.15) is 5.78 Å². The van der Waals surface area contributed by atoms with Crippen molar-refractivity contribution in [2.24, 2.45) is 0 Å². The van der Waals surface area contributed by atoms with Gasteiger partial charge in [-0.3, -0.25) is 14.3 Å². The minimum Gasteiger partial charge on any atom is -0.354 e. The zero-order valence-corrected chi connectivity index (χ0v) is 8.99. The molecule has 1 aromatic heterocycles. The Morgan fingerprint density at radius 3 is 2.80 bits per heavy atom. The number of hydrogen-bond donors (Lipinski definition) is 1. The van der Waals surface area contributed by atoms with Crippen LogP contribution in [0.15, 0.2) is 12.4 Å². The number of aryl methyl sites for hydroxylation is 1. The van der Waals surface area contributed by atoms with Crippen LogP contribution in [0, 0.1) is 6.92 Å². The van der Waals surface area contributed by atoms with E-state index in [2.05, 4.69) is 10.4 Å². The van der Waals surface area contributed by atoms with Gasteiger partial charge in [-0.05, 0) is 19.4 Å². The average molecular weight is 209 g/mol. The Labute approximate surface area is 88.5 Å². The minimum atomic E-state index is -0.230. The number of nitrogens with one attached hydrogen (secondary N) is 1. The number of ketones is 1. The van der Waals surface area contributed by atoms with E-state index >= 15 is 0 Å². The predicted molar refractivity (Wildman–Crippen MR) is 55.3 cm³/mol. The lowest BCUT2D eigenvalue weighted by molar-refractivity contribution is -0.127. The highest BCUT2D eigenvalue weighted by molar-refractivity contribution is 5.96. The SMILES string of the molecule is CC(=O)CC(=O)NCCn1cc(C)cn1. The molecule has 5 nitrogen and oxygen atoms in total. The van der Waals surface area contributed by atoms with Crippen molar-refractivity contribution < 1.29 is 9.59 Å². The Kier molecular flexibility index (Phi) is 4.03. The third-order valence-corrected chi connectivity index (χ3v) is 1.83. The van der Waals surface area contributed by atoms with E-state index in [9.17, 15) is 9.59 Å².